The SMILES string of the molecule is C.C.C.CC(=O)O[C@H]1CC[C@H]2CN(C)C[C@H]21.CN1CC2C(O)C(O)C2C1.CN1CC2C(O)CC(O)C2C1. The van der Waals surface area contributed by atoms with E-state index in [4.69, 9.17) is 4.74 Å². The second-order valence-corrected chi connectivity index (χ2v) is 11.8. The fraction of sp³-hybridized carbons (Fsp3) is 0.964. The lowest BCUT2D eigenvalue weighted by Gasteiger charge is -2.41. The zero-order valence-corrected chi connectivity index (χ0v) is 21.2. The van der Waals surface area contributed by atoms with Gasteiger partial charge in [-0.1, -0.05) is 22.3 Å². The molecule has 0 aromatic rings. The maximum atomic E-state index is 10.8. The zero-order valence-electron chi connectivity index (χ0n) is 21.2. The maximum absolute atomic E-state index is 10.8. The third-order valence-corrected chi connectivity index (χ3v) is 9.18. The molecule has 8 unspecified atom stereocenters. The van der Waals surface area contributed by atoms with Crippen molar-refractivity contribution in [2.24, 2.45) is 35.5 Å². The summed E-state index contributed by atoms with van der Waals surface area (Å²) in [6, 6.07) is 0. The van der Waals surface area contributed by atoms with E-state index in [1.54, 1.807) is 0 Å². The third-order valence-electron chi connectivity index (χ3n) is 9.18. The van der Waals surface area contributed by atoms with Gasteiger partial charge in [0, 0.05) is 75.8 Å². The molecule has 6 fully saturated rings. The van der Waals surface area contributed by atoms with Gasteiger partial charge in [0.05, 0.1) is 24.4 Å². The topological polar surface area (TPSA) is 117 Å². The Bertz CT molecular complexity index is 681. The Morgan fingerprint density at radius 1 is 0.649 bits per heavy atom. The van der Waals surface area contributed by atoms with Crippen molar-refractivity contribution in [1.29, 1.82) is 0 Å². The number of nitrogens with zero attached hydrogens (tertiary/aromatic N) is 3. The number of hydrogen-bond donors (Lipinski definition) is 4. The van der Waals surface area contributed by atoms with Crippen molar-refractivity contribution in [2.75, 3.05) is 60.4 Å². The number of carbonyl (C=O) groups is 1. The number of hydrogen-bond acceptors (Lipinski definition) is 9. The lowest BCUT2D eigenvalue weighted by Crippen LogP contribution is -2.54. The molecule has 3 heterocycles. The van der Waals surface area contributed by atoms with Crippen LogP contribution in [0.2, 0.25) is 0 Å². The second-order valence-electron chi connectivity index (χ2n) is 11.8. The second kappa shape index (κ2) is 14.0. The molecule has 0 spiro atoms. The Morgan fingerprint density at radius 2 is 1.05 bits per heavy atom. The van der Waals surface area contributed by atoms with Crippen molar-refractivity contribution >= 4 is 5.97 Å². The van der Waals surface area contributed by atoms with Crippen molar-refractivity contribution in [3.05, 3.63) is 0 Å². The van der Waals surface area contributed by atoms with Gasteiger partial charge in [0.2, 0.25) is 0 Å². The van der Waals surface area contributed by atoms with E-state index >= 15 is 0 Å². The van der Waals surface area contributed by atoms with Crippen LogP contribution in [0.4, 0.5) is 0 Å². The Balaban J connectivity index is 0.000000269. The lowest BCUT2D eigenvalue weighted by molar-refractivity contribution is -0.148. The van der Waals surface area contributed by atoms with Gasteiger partial charge in [0.25, 0.3) is 0 Å². The van der Waals surface area contributed by atoms with Crippen LogP contribution in [-0.4, -0.2) is 132 Å². The minimum Gasteiger partial charge on any atom is -0.462 e. The van der Waals surface area contributed by atoms with Crippen LogP contribution in [0.5, 0.6) is 0 Å². The van der Waals surface area contributed by atoms with E-state index in [2.05, 4.69) is 21.7 Å². The molecule has 3 aliphatic carbocycles. The number of aliphatic hydroxyl groups excluding tert-OH is 4. The highest BCUT2D eigenvalue weighted by atomic mass is 16.5. The molecule has 3 aliphatic heterocycles. The third kappa shape index (κ3) is 7.44. The molecule has 9 nitrogen and oxygen atoms in total. The number of likely N-dealkylation sites (tertiary alicyclic amines) is 3. The number of rotatable bonds is 1. The molecule has 220 valence electrons. The average molecular weight is 532 g/mol. The van der Waals surface area contributed by atoms with E-state index in [1.165, 1.54) is 19.9 Å². The predicted octanol–water partition coefficient (Wildman–Crippen LogP) is 0.987. The van der Waals surface area contributed by atoms with Gasteiger partial charge in [-0.25, -0.2) is 0 Å². The van der Waals surface area contributed by atoms with E-state index in [0.29, 0.717) is 36.0 Å². The summed E-state index contributed by atoms with van der Waals surface area (Å²) in [5.41, 5.74) is 0. The minimum absolute atomic E-state index is 0. The highest BCUT2D eigenvalue weighted by Crippen LogP contribution is 2.41. The smallest absolute Gasteiger partial charge is 0.302 e. The van der Waals surface area contributed by atoms with Crippen molar-refractivity contribution in [1.82, 2.24) is 14.7 Å². The average Bonchev–Trinajstić information content (AvgIpc) is 3.55. The zero-order chi connectivity index (χ0) is 24.7. The van der Waals surface area contributed by atoms with E-state index < -0.39 is 12.2 Å². The molecule has 0 radical (unpaired) electrons. The molecule has 37 heavy (non-hydrogen) atoms. The standard InChI is InChI=1S/C10H17NO2.C8H15NO2.C7H13NO2.3CH4/c1-7(12)13-10-4-3-8-5-11(2)6-9(8)10;1-9-3-5-6(4-9)8(11)2-7(5)10;1-8-2-4-5(3-8)7(10)6(4)9;;;/h8-10H,3-6H2,1-2H3;5-8,10-11H,2-4H2,1H3;4-7,9-10H,2-3H2,1H3;3*1H4/t8-,9+,10-;;;;;/m0...../s1. The summed E-state index contributed by atoms with van der Waals surface area (Å²) in [5, 5.41) is 37.5. The highest BCUT2D eigenvalue weighted by Gasteiger charge is 2.52. The number of aliphatic hydroxyl groups is 4. The summed E-state index contributed by atoms with van der Waals surface area (Å²) >= 11 is 0. The van der Waals surface area contributed by atoms with Gasteiger partial charge in [-0.2, -0.15) is 0 Å². The number of esters is 1. The highest BCUT2D eigenvalue weighted by molar-refractivity contribution is 5.66. The van der Waals surface area contributed by atoms with Crippen molar-refractivity contribution in [3.8, 4) is 0 Å². The summed E-state index contributed by atoms with van der Waals surface area (Å²) < 4.78 is 5.31. The molecule has 6 aliphatic rings. The molecule has 4 N–H and O–H groups in total. The first kappa shape index (κ1) is 34.2. The van der Waals surface area contributed by atoms with E-state index in [-0.39, 0.29) is 46.6 Å². The van der Waals surface area contributed by atoms with Gasteiger partial charge in [0.1, 0.15) is 6.10 Å². The van der Waals surface area contributed by atoms with Crippen LogP contribution in [0.3, 0.4) is 0 Å². The van der Waals surface area contributed by atoms with Gasteiger partial charge in [-0.15, -0.1) is 0 Å². The minimum atomic E-state index is -0.449. The lowest BCUT2D eigenvalue weighted by atomic mass is 9.71. The van der Waals surface area contributed by atoms with Gasteiger partial charge < -0.3 is 39.9 Å². The first-order chi connectivity index (χ1) is 16.0. The maximum Gasteiger partial charge on any atom is 0.302 e. The molecule has 9 heteroatoms. The Hall–Kier alpha value is -0.810. The summed E-state index contributed by atoms with van der Waals surface area (Å²) in [6.45, 7) is 7.58. The molecular weight excluding hydrogens is 474 g/mol. The van der Waals surface area contributed by atoms with Gasteiger partial charge >= 0.3 is 5.97 Å². The predicted molar refractivity (Wildman–Crippen MR) is 147 cm³/mol. The monoisotopic (exact) mass is 531 g/mol. The molecular formula is C28H57N3O6. The van der Waals surface area contributed by atoms with E-state index in [9.17, 15) is 25.2 Å². The van der Waals surface area contributed by atoms with Crippen LogP contribution in [-0.2, 0) is 9.53 Å². The van der Waals surface area contributed by atoms with Crippen molar-refractivity contribution < 1.29 is 30.0 Å². The van der Waals surface area contributed by atoms with E-state index in [1.807, 2.05) is 14.1 Å². The molecule has 6 rings (SSSR count). The number of fused-ring (bicyclic) bond motifs is 3. The Labute approximate surface area is 225 Å². The fourth-order valence-electron chi connectivity index (χ4n) is 7.42. The quantitative estimate of drug-likeness (QED) is 0.368. The first-order valence-electron chi connectivity index (χ1n) is 13.0. The van der Waals surface area contributed by atoms with Crippen LogP contribution >= 0.6 is 0 Å². The van der Waals surface area contributed by atoms with Crippen LogP contribution < -0.4 is 0 Å². The molecule has 0 aromatic heterocycles. The molecule has 0 amide bonds. The fourth-order valence-corrected chi connectivity index (χ4v) is 7.42. The van der Waals surface area contributed by atoms with Gasteiger partial charge in [-0.05, 0) is 46.3 Å². The summed E-state index contributed by atoms with van der Waals surface area (Å²) in [5.74, 6) is 2.61. The summed E-state index contributed by atoms with van der Waals surface area (Å²) in [6.07, 6.45) is 1.66. The van der Waals surface area contributed by atoms with Crippen LogP contribution in [0, 0.1) is 35.5 Å². The van der Waals surface area contributed by atoms with Crippen LogP contribution in [0.1, 0.15) is 48.5 Å². The van der Waals surface area contributed by atoms with Crippen molar-refractivity contribution in [2.45, 2.75) is 79.0 Å². The first-order valence-corrected chi connectivity index (χ1v) is 13.0. The molecule has 3 saturated carbocycles. The summed E-state index contributed by atoms with van der Waals surface area (Å²) in [7, 11) is 6.21. The number of carbonyl (C=O) groups excluding carboxylic acids is 1. The van der Waals surface area contributed by atoms with Crippen LogP contribution in [0.25, 0.3) is 0 Å². The number of ether oxygens (including phenoxy) is 1. The Kier molecular flexibility index (Phi) is 13.0. The Morgan fingerprint density at radius 3 is 1.51 bits per heavy atom. The molecule has 11 atom stereocenters. The molecule has 0 aromatic carbocycles. The van der Waals surface area contributed by atoms with Gasteiger partial charge in [0.15, 0.2) is 0 Å². The summed E-state index contributed by atoms with van der Waals surface area (Å²) in [4.78, 5) is 17.5. The van der Waals surface area contributed by atoms with E-state index in [0.717, 1.165) is 45.1 Å². The van der Waals surface area contributed by atoms with Gasteiger partial charge in [-0.3, -0.25) is 4.79 Å². The molecule has 3 saturated heterocycles. The van der Waals surface area contributed by atoms with Crippen molar-refractivity contribution in [3.63, 3.8) is 0 Å². The normalized spacial score (nSPS) is 43.7. The largest absolute Gasteiger partial charge is 0.462 e. The molecule has 0 bridgehead atoms. The van der Waals surface area contributed by atoms with Crippen LogP contribution in [0.15, 0.2) is 0 Å².